The molecule has 0 radical (unpaired) electrons. The van der Waals surface area contributed by atoms with Crippen molar-refractivity contribution in [3.8, 4) is 11.3 Å². The second kappa shape index (κ2) is 4.49. The number of furan rings is 1. The van der Waals surface area contributed by atoms with Gasteiger partial charge in [0, 0.05) is 5.56 Å². The summed E-state index contributed by atoms with van der Waals surface area (Å²) in [6.45, 7) is 0. The van der Waals surface area contributed by atoms with E-state index in [0.717, 1.165) is 4.68 Å². The molecule has 6 heteroatoms. The Hall–Kier alpha value is -2.76. The van der Waals surface area contributed by atoms with E-state index in [2.05, 4.69) is 10.1 Å². The smallest absolute Gasteiger partial charge is 0.315 e. The molecule has 0 aliphatic heterocycles. The molecule has 0 saturated carbocycles. The fraction of sp³-hybridized carbons (Fsp3) is 0. The molecule has 3 rings (SSSR count). The lowest BCUT2D eigenvalue weighted by Crippen LogP contribution is -2.11. The quantitative estimate of drug-likeness (QED) is 0.707. The number of halogens is 1. The number of hydrogen-bond donors (Lipinski definition) is 0. The number of carbonyl (C=O) groups is 1. The van der Waals surface area contributed by atoms with Crippen molar-refractivity contribution in [3.63, 3.8) is 0 Å². The minimum Gasteiger partial charge on any atom is -0.451 e. The van der Waals surface area contributed by atoms with Crippen molar-refractivity contribution in [1.82, 2.24) is 14.8 Å². The van der Waals surface area contributed by atoms with Gasteiger partial charge in [-0.25, -0.2) is 9.37 Å². The van der Waals surface area contributed by atoms with Crippen molar-refractivity contribution in [2.45, 2.75) is 0 Å². The van der Waals surface area contributed by atoms with E-state index in [1.807, 2.05) is 0 Å². The average Bonchev–Trinajstić information content (AvgIpc) is 3.10. The third-order valence-corrected chi connectivity index (χ3v) is 2.55. The van der Waals surface area contributed by atoms with Crippen LogP contribution in [0, 0.1) is 5.82 Å². The Kier molecular flexibility index (Phi) is 2.68. The van der Waals surface area contributed by atoms with Crippen molar-refractivity contribution in [2.24, 2.45) is 0 Å². The van der Waals surface area contributed by atoms with Crippen molar-refractivity contribution in [2.75, 3.05) is 0 Å². The first-order chi connectivity index (χ1) is 9.24. The molecule has 19 heavy (non-hydrogen) atoms. The van der Waals surface area contributed by atoms with Gasteiger partial charge in [-0.3, -0.25) is 4.79 Å². The predicted octanol–water partition coefficient (Wildman–Crippen LogP) is 2.37. The Balaban J connectivity index is 1.94. The van der Waals surface area contributed by atoms with Gasteiger partial charge in [0.05, 0.1) is 0 Å². The molecule has 1 aromatic carbocycles. The Morgan fingerprint density at radius 3 is 2.89 bits per heavy atom. The molecule has 0 aliphatic carbocycles. The molecular formula is C13H8FN3O2. The first-order valence-corrected chi connectivity index (χ1v) is 5.49. The summed E-state index contributed by atoms with van der Waals surface area (Å²) in [5, 5.41) is 3.72. The van der Waals surface area contributed by atoms with Gasteiger partial charge < -0.3 is 4.42 Å². The maximum Gasteiger partial charge on any atom is 0.315 e. The molecule has 94 valence electrons. The SMILES string of the molecule is O=C(c1ccc(-c2cccc(F)c2)o1)n1cncn1. The first-order valence-electron chi connectivity index (χ1n) is 5.49. The summed E-state index contributed by atoms with van der Waals surface area (Å²) >= 11 is 0. The molecule has 0 amide bonds. The molecule has 0 spiro atoms. The lowest BCUT2D eigenvalue weighted by molar-refractivity contribution is 0.0917. The summed E-state index contributed by atoms with van der Waals surface area (Å²) in [7, 11) is 0. The molecular weight excluding hydrogens is 249 g/mol. The molecule has 0 atom stereocenters. The second-order valence-corrected chi connectivity index (χ2v) is 3.82. The topological polar surface area (TPSA) is 60.9 Å². The summed E-state index contributed by atoms with van der Waals surface area (Å²) in [5.41, 5.74) is 0.567. The van der Waals surface area contributed by atoms with Crippen LogP contribution >= 0.6 is 0 Å². The molecule has 0 aliphatic rings. The van der Waals surface area contributed by atoms with Gasteiger partial charge in [0.2, 0.25) is 0 Å². The highest BCUT2D eigenvalue weighted by molar-refractivity contribution is 5.93. The Labute approximate surface area is 107 Å². The van der Waals surface area contributed by atoms with Gasteiger partial charge in [-0.15, -0.1) is 0 Å². The van der Waals surface area contributed by atoms with Crippen LogP contribution in [0.5, 0.6) is 0 Å². The number of carbonyl (C=O) groups excluding carboxylic acids is 1. The van der Waals surface area contributed by atoms with E-state index in [-0.39, 0.29) is 11.6 Å². The summed E-state index contributed by atoms with van der Waals surface area (Å²) in [6.07, 6.45) is 2.54. The zero-order chi connectivity index (χ0) is 13.2. The zero-order valence-corrected chi connectivity index (χ0v) is 9.65. The van der Waals surface area contributed by atoms with E-state index in [4.69, 9.17) is 4.42 Å². The summed E-state index contributed by atoms with van der Waals surface area (Å²) in [6, 6.07) is 9.08. The van der Waals surface area contributed by atoms with Crippen LogP contribution in [0.15, 0.2) is 53.5 Å². The molecule has 0 fully saturated rings. The Morgan fingerprint density at radius 2 is 2.16 bits per heavy atom. The van der Waals surface area contributed by atoms with Crippen LogP contribution in [0.3, 0.4) is 0 Å². The lowest BCUT2D eigenvalue weighted by Gasteiger charge is -1.97. The number of hydrogen-bond acceptors (Lipinski definition) is 4. The van der Waals surface area contributed by atoms with Crippen molar-refractivity contribution < 1.29 is 13.6 Å². The standard InChI is InChI=1S/C13H8FN3O2/c14-10-3-1-2-9(6-10)11-4-5-12(19-11)13(18)17-8-15-7-16-17/h1-8H. The predicted molar refractivity (Wildman–Crippen MR) is 63.9 cm³/mol. The summed E-state index contributed by atoms with van der Waals surface area (Å²) in [5.74, 6) is -0.258. The third-order valence-electron chi connectivity index (χ3n) is 2.55. The average molecular weight is 257 g/mol. The van der Waals surface area contributed by atoms with Gasteiger partial charge in [0.25, 0.3) is 0 Å². The highest BCUT2D eigenvalue weighted by atomic mass is 19.1. The van der Waals surface area contributed by atoms with E-state index >= 15 is 0 Å². The van der Waals surface area contributed by atoms with Crippen LogP contribution in [0.2, 0.25) is 0 Å². The first kappa shape index (κ1) is 11.3. The van der Waals surface area contributed by atoms with Gasteiger partial charge in [-0.05, 0) is 24.3 Å². The van der Waals surface area contributed by atoms with E-state index in [1.54, 1.807) is 18.2 Å². The van der Waals surface area contributed by atoms with Gasteiger partial charge >= 0.3 is 5.91 Å². The van der Waals surface area contributed by atoms with Gasteiger partial charge in [0.1, 0.15) is 24.2 Å². The van der Waals surface area contributed by atoms with Crippen LogP contribution in [-0.4, -0.2) is 20.7 Å². The molecule has 0 N–H and O–H groups in total. The molecule has 2 aromatic heterocycles. The van der Waals surface area contributed by atoms with Crippen molar-refractivity contribution in [1.29, 1.82) is 0 Å². The normalized spacial score (nSPS) is 10.6. The zero-order valence-electron chi connectivity index (χ0n) is 9.65. The van der Waals surface area contributed by atoms with Gasteiger partial charge in [-0.1, -0.05) is 12.1 Å². The van der Waals surface area contributed by atoms with E-state index in [0.29, 0.717) is 11.3 Å². The number of benzene rings is 1. The maximum absolute atomic E-state index is 13.1. The fourth-order valence-corrected chi connectivity index (χ4v) is 1.68. The van der Waals surface area contributed by atoms with Gasteiger partial charge in [-0.2, -0.15) is 9.78 Å². The minimum atomic E-state index is -0.430. The van der Waals surface area contributed by atoms with E-state index in [1.165, 1.54) is 30.9 Å². The minimum absolute atomic E-state index is 0.116. The van der Waals surface area contributed by atoms with Crippen LogP contribution < -0.4 is 0 Å². The molecule has 2 heterocycles. The van der Waals surface area contributed by atoms with Crippen molar-refractivity contribution >= 4 is 5.91 Å². The fourth-order valence-electron chi connectivity index (χ4n) is 1.68. The molecule has 5 nitrogen and oxygen atoms in total. The number of rotatable bonds is 2. The summed E-state index contributed by atoms with van der Waals surface area (Å²) < 4.78 is 19.6. The highest BCUT2D eigenvalue weighted by Crippen LogP contribution is 2.23. The number of aromatic nitrogens is 3. The van der Waals surface area contributed by atoms with Crippen LogP contribution in [-0.2, 0) is 0 Å². The molecule has 3 aromatic rings. The van der Waals surface area contributed by atoms with Crippen LogP contribution in [0.25, 0.3) is 11.3 Å². The van der Waals surface area contributed by atoms with Gasteiger partial charge in [0.15, 0.2) is 5.76 Å². The maximum atomic E-state index is 13.1. The second-order valence-electron chi connectivity index (χ2n) is 3.82. The Bertz CT molecular complexity index is 719. The highest BCUT2D eigenvalue weighted by Gasteiger charge is 2.14. The Morgan fingerprint density at radius 1 is 1.26 bits per heavy atom. The number of nitrogens with zero attached hydrogens (tertiary/aromatic N) is 3. The third kappa shape index (κ3) is 2.15. The summed E-state index contributed by atoms with van der Waals surface area (Å²) in [4.78, 5) is 15.6. The van der Waals surface area contributed by atoms with E-state index < -0.39 is 5.91 Å². The largest absolute Gasteiger partial charge is 0.451 e. The molecule has 0 saturated heterocycles. The van der Waals surface area contributed by atoms with Crippen LogP contribution in [0.1, 0.15) is 10.6 Å². The van der Waals surface area contributed by atoms with E-state index in [9.17, 15) is 9.18 Å². The van der Waals surface area contributed by atoms with Crippen LogP contribution in [0.4, 0.5) is 4.39 Å². The lowest BCUT2D eigenvalue weighted by atomic mass is 10.2. The molecule has 0 bridgehead atoms. The van der Waals surface area contributed by atoms with Crippen molar-refractivity contribution in [3.05, 3.63) is 60.6 Å². The monoisotopic (exact) mass is 257 g/mol. The molecule has 0 unspecified atom stereocenters.